The van der Waals surface area contributed by atoms with Crippen LogP contribution >= 0.6 is 0 Å². The van der Waals surface area contributed by atoms with Gasteiger partial charge in [-0.1, -0.05) is 30.3 Å². The first-order valence-corrected chi connectivity index (χ1v) is 9.40. The summed E-state index contributed by atoms with van der Waals surface area (Å²) in [6, 6.07) is 17.0. The van der Waals surface area contributed by atoms with Crippen LogP contribution in [-0.4, -0.2) is 17.9 Å². The molecular formula is C23H19FN2O4. The number of hydrazine groups is 1. The van der Waals surface area contributed by atoms with Gasteiger partial charge < -0.3 is 9.15 Å². The van der Waals surface area contributed by atoms with E-state index in [1.165, 1.54) is 31.2 Å². The second kappa shape index (κ2) is 8.24. The highest BCUT2D eigenvalue weighted by atomic mass is 19.1. The zero-order chi connectivity index (χ0) is 21.1. The minimum absolute atomic E-state index is 0.0362. The third-order valence-electron chi connectivity index (χ3n) is 4.71. The highest BCUT2D eigenvalue weighted by Crippen LogP contribution is 2.30. The predicted molar refractivity (Wildman–Crippen MR) is 110 cm³/mol. The lowest BCUT2D eigenvalue weighted by atomic mass is 10.0. The van der Waals surface area contributed by atoms with Gasteiger partial charge in [0.25, 0.3) is 5.91 Å². The van der Waals surface area contributed by atoms with Gasteiger partial charge >= 0.3 is 0 Å². The molecule has 1 atom stereocenters. The van der Waals surface area contributed by atoms with Crippen molar-refractivity contribution in [2.24, 2.45) is 0 Å². The van der Waals surface area contributed by atoms with Crippen LogP contribution in [0.4, 0.5) is 4.39 Å². The lowest BCUT2D eigenvalue weighted by Crippen LogP contribution is -2.47. The smallest absolute Gasteiger partial charge is 0.279 e. The molecule has 0 spiro atoms. The van der Waals surface area contributed by atoms with E-state index in [2.05, 4.69) is 10.9 Å². The molecule has 4 rings (SSSR count). The van der Waals surface area contributed by atoms with Crippen LogP contribution in [0.1, 0.15) is 12.5 Å². The van der Waals surface area contributed by atoms with E-state index in [4.69, 9.17) is 9.15 Å². The molecule has 0 aliphatic carbocycles. The van der Waals surface area contributed by atoms with Crippen LogP contribution in [0.3, 0.4) is 0 Å². The number of carbonyl (C=O) groups excluding carboxylic acids is 2. The van der Waals surface area contributed by atoms with Crippen LogP contribution in [0.2, 0.25) is 0 Å². The van der Waals surface area contributed by atoms with E-state index in [1.54, 1.807) is 6.26 Å². The highest BCUT2D eigenvalue weighted by Gasteiger charge is 2.17. The molecule has 1 heterocycles. The Balaban J connectivity index is 1.38. The Kier molecular flexibility index (Phi) is 5.34. The van der Waals surface area contributed by atoms with E-state index in [9.17, 15) is 14.0 Å². The average molecular weight is 406 g/mol. The highest BCUT2D eigenvalue weighted by molar-refractivity contribution is 6.08. The van der Waals surface area contributed by atoms with Gasteiger partial charge in [0.2, 0.25) is 5.91 Å². The van der Waals surface area contributed by atoms with Crippen molar-refractivity contribution in [2.45, 2.75) is 19.4 Å². The fourth-order valence-electron chi connectivity index (χ4n) is 3.23. The lowest BCUT2D eigenvalue weighted by molar-refractivity contribution is -0.132. The Morgan fingerprint density at radius 1 is 1.03 bits per heavy atom. The number of halogens is 1. The van der Waals surface area contributed by atoms with Crippen molar-refractivity contribution >= 4 is 33.6 Å². The molecule has 2 amide bonds. The van der Waals surface area contributed by atoms with Crippen molar-refractivity contribution < 1.29 is 23.1 Å². The second-order valence-electron chi connectivity index (χ2n) is 6.85. The van der Waals surface area contributed by atoms with E-state index >= 15 is 0 Å². The Labute approximate surface area is 171 Å². The zero-order valence-electron chi connectivity index (χ0n) is 16.1. The van der Waals surface area contributed by atoms with Crippen LogP contribution in [0.5, 0.6) is 5.75 Å². The summed E-state index contributed by atoms with van der Waals surface area (Å²) in [5.41, 5.74) is 6.15. The molecule has 0 radical (unpaired) electrons. The lowest BCUT2D eigenvalue weighted by Gasteiger charge is -2.15. The van der Waals surface area contributed by atoms with Crippen molar-refractivity contribution in [2.75, 3.05) is 0 Å². The number of fused-ring (bicyclic) bond motifs is 3. The SMILES string of the molecule is C[C@@H](Oc1ccc(F)cc1)C(=O)NNC(=O)Cc1coc2ccc3ccccc3c12. The molecule has 0 aliphatic rings. The van der Waals surface area contributed by atoms with Gasteiger partial charge in [0, 0.05) is 10.9 Å². The maximum Gasteiger partial charge on any atom is 0.279 e. The summed E-state index contributed by atoms with van der Waals surface area (Å²) in [4.78, 5) is 24.5. The summed E-state index contributed by atoms with van der Waals surface area (Å²) >= 11 is 0. The zero-order valence-corrected chi connectivity index (χ0v) is 16.1. The summed E-state index contributed by atoms with van der Waals surface area (Å²) in [5, 5.41) is 2.92. The van der Waals surface area contributed by atoms with Crippen LogP contribution in [-0.2, 0) is 16.0 Å². The molecule has 0 bridgehead atoms. The summed E-state index contributed by atoms with van der Waals surface area (Å²) in [7, 11) is 0. The number of hydrogen-bond acceptors (Lipinski definition) is 4. The number of hydrogen-bond donors (Lipinski definition) is 2. The van der Waals surface area contributed by atoms with E-state index in [0.717, 1.165) is 21.7 Å². The fraction of sp³-hybridized carbons (Fsp3) is 0.130. The van der Waals surface area contributed by atoms with Gasteiger partial charge in [0.1, 0.15) is 17.1 Å². The summed E-state index contributed by atoms with van der Waals surface area (Å²) < 4.78 is 24.0. The van der Waals surface area contributed by atoms with Crippen LogP contribution in [0, 0.1) is 5.82 Å². The van der Waals surface area contributed by atoms with Crippen molar-refractivity contribution in [3.8, 4) is 5.75 Å². The fourth-order valence-corrected chi connectivity index (χ4v) is 3.23. The van der Waals surface area contributed by atoms with Gasteiger partial charge in [-0.15, -0.1) is 0 Å². The van der Waals surface area contributed by atoms with Crippen LogP contribution in [0.25, 0.3) is 21.7 Å². The first-order chi connectivity index (χ1) is 14.5. The molecule has 1 aromatic heterocycles. The first-order valence-electron chi connectivity index (χ1n) is 9.40. The number of amides is 2. The molecule has 0 fully saturated rings. The standard InChI is InChI=1S/C23H19FN2O4/c1-14(30-18-9-7-17(24)8-10-18)23(28)26-25-21(27)12-16-13-29-20-11-6-15-4-2-3-5-19(15)22(16)20/h2-11,13-14H,12H2,1H3,(H,25,27)(H,26,28)/t14-/m1/s1. The number of nitrogens with one attached hydrogen (secondary N) is 2. The molecule has 3 aromatic carbocycles. The molecule has 30 heavy (non-hydrogen) atoms. The maximum atomic E-state index is 12.9. The monoisotopic (exact) mass is 406 g/mol. The van der Waals surface area contributed by atoms with Gasteiger partial charge in [-0.05, 0) is 48.0 Å². The Hall–Kier alpha value is -3.87. The third kappa shape index (κ3) is 4.10. The summed E-state index contributed by atoms with van der Waals surface area (Å²) in [6.45, 7) is 1.53. The number of carbonyl (C=O) groups is 2. The average Bonchev–Trinajstić information content (AvgIpc) is 3.16. The predicted octanol–water partition coefficient (Wildman–Crippen LogP) is 3.88. The summed E-state index contributed by atoms with van der Waals surface area (Å²) in [6.07, 6.45) is 0.710. The van der Waals surface area contributed by atoms with Gasteiger partial charge in [-0.3, -0.25) is 20.4 Å². The van der Waals surface area contributed by atoms with Gasteiger partial charge in [0.05, 0.1) is 12.7 Å². The van der Waals surface area contributed by atoms with E-state index in [1.807, 2.05) is 36.4 Å². The van der Waals surface area contributed by atoms with Crippen LogP contribution in [0.15, 0.2) is 71.3 Å². The van der Waals surface area contributed by atoms with Crippen molar-refractivity contribution in [3.63, 3.8) is 0 Å². The Morgan fingerprint density at radius 3 is 2.60 bits per heavy atom. The van der Waals surface area contributed by atoms with E-state index < -0.39 is 23.7 Å². The quantitative estimate of drug-likeness (QED) is 0.493. The normalized spacial score (nSPS) is 11.9. The number of furan rings is 1. The van der Waals surface area contributed by atoms with Gasteiger partial charge in [-0.2, -0.15) is 0 Å². The molecule has 6 nitrogen and oxygen atoms in total. The maximum absolute atomic E-state index is 12.9. The first kappa shape index (κ1) is 19.4. The molecule has 7 heteroatoms. The third-order valence-corrected chi connectivity index (χ3v) is 4.71. The van der Waals surface area contributed by atoms with Crippen molar-refractivity contribution in [3.05, 3.63) is 78.3 Å². The van der Waals surface area contributed by atoms with Crippen LogP contribution < -0.4 is 15.6 Å². The number of ether oxygens (including phenoxy) is 1. The minimum Gasteiger partial charge on any atom is -0.481 e. The van der Waals surface area contributed by atoms with Crippen molar-refractivity contribution in [1.29, 1.82) is 0 Å². The molecular weight excluding hydrogens is 387 g/mol. The van der Waals surface area contributed by atoms with E-state index in [0.29, 0.717) is 11.3 Å². The van der Waals surface area contributed by atoms with Gasteiger partial charge in [0.15, 0.2) is 6.10 Å². The number of benzene rings is 3. The second-order valence-corrected chi connectivity index (χ2v) is 6.85. The van der Waals surface area contributed by atoms with Crippen molar-refractivity contribution in [1.82, 2.24) is 10.9 Å². The van der Waals surface area contributed by atoms with E-state index in [-0.39, 0.29) is 6.42 Å². The Morgan fingerprint density at radius 2 is 1.80 bits per heavy atom. The molecule has 0 saturated heterocycles. The topological polar surface area (TPSA) is 80.6 Å². The molecule has 152 valence electrons. The molecule has 0 saturated carbocycles. The molecule has 0 aliphatic heterocycles. The molecule has 2 N–H and O–H groups in total. The minimum atomic E-state index is -0.880. The number of rotatable bonds is 5. The molecule has 4 aromatic rings. The van der Waals surface area contributed by atoms with Gasteiger partial charge in [-0.25, -0.2) is 4.39 Å². The Bertz CT molecular complexity index is 1220. The largest absolute Gasteiger partial charge is 0.481 e. The summed E-state index contributed by atoms with van der Waals surface area (Å²) in [5.74, 6) is -0.975. The molecule has 0 unspecified atom stereocenters.